The Labute approximate surface area is 63.6 Å². The third-order valence-corrected chi connectivity index (χ3v) is 1.15. The van der Waals surface area contributed by atoms with Gasteiger partial charge in [-0.25, -0.2) is 0 Å². The molecule has 0 spiro atoms. The minimum Gasteiger partial charge on any atom is -0.357 e. The number of amides is 1. The first-order valence-corrected chi connectivity index (χ1v) is 3.13. The van der Waals surface area contributed by atoms with Crippen LogP contribution in [0, 0.1) is 0 Å². The number of hydrogen-bond acceptors (Lipinski definition) is 2. The summed E-state index contributed by atoms with van der Waals surface area (Å²) in [5.74, 6) is -0.151. The van der Waals surface area contributed by atoms with E-state index in [1.807, 2.05) is 0 Å². The number of aldehydes is 1. The highest BCUT2D eigenvalue weighted by Gasteiger charge is 1.97. The van der Waals surface area contributed by atoms with Gasteiger partial charge in [-0.05, 0) is 6.07 Å². The predicted octanol–water partition coefficient (Wildman–Crippen LogP) is 0.786. The summed E-state index contributed by atoms with van der Waals surface area (Å²) in [5.41, 5.74) is 1.06. The van der Waals surface area contributed by atoms with Crippen molar-refractivity contribution >= 4 is 17.9 Å². The van der Waals surface area contributed by atoms with Gasteiger partial charge in [0.2, 0.25) is 5.91 Å². The number of carbonyl (C=O) groups is 2. The number of carbonyl (C=O) groups excluding carboxylic acids is 2. The van der Waals surface area contributed by atoms with Crippen molar-refractivity contribution in [3.63, 3.8) is 0 Å². The van der Waals surface area contributed by atoms with Gasteiger partial charge in [-0.2, -0.15) is 0 Å². The Bertz CT molecular complexity index is 278. The molecular formula is C7H8N2O2. The van der Waals surface area contributed by atoms with Gasteiger partial charge in [-0.15, -0.1) is 0 Å². The lowest BCUT2D eigenvalue weighted by molar-refractivity contribution is -0.114. The summed E-state index contributed by atoms with van der Waals surface area (Å²) in [4.78, 5) is 23.3. The molecule has 1 aromatic heterocycles. The maximum atomic E-state index is 10.5. The Morgan fingerprint density at radius 2 is 2.45 bits per heavy atom. The van der Waals surface area contributed by atoms with Crippen molar-refractivity contribution in [1.82, 2.24) is 4.98 Å². The van der Waals surface area contributed by atoms with Gasteiger partial charge in [0, 0.05) is 13.1 Å². The summed E-state index contributed by atoms with van der Waals surface area (Å²) in [5, 5.41) is 2.53. The van der Waals surface area contributed by atoms with Crippen molar-refractivity contribution < 1.29 is 9.59 Å². The zero-order chi connectivity index (χ0) is 8.27. The van der Waals surface area contributed by atoms with Crippen LogP contribution in [0.4, 0.5) is 5.69 Å². The summed E-state index contributed by atoms with van der Waals surface area (Å²) < 4.78 is 0. The standard InChI is InChI=1S/C7H8N2O2/c1-5(11)9-6-2-7(4-10)8-3-6/h2-4,8H,1H3,(H,9,11). The fourth-order valence-corrected chi connectivity index (χ4v) is 0.755. The number of nitrogens with one attached hydrogen (secondary N) is 2. The van der Waals surface area contributed by atoms with Crippen LogP contribution in [0.5, 0.6) is 0 Å². The monoisotopic (exact) mass is 152 g/mol. The van der Waals surface area contributed by atoms with Crippen LogP contribution < -0.4 is 5.32 Å². The first-order chi connectivity index (χ1) is 5.22. The minimum absolute atomic E-state index is 0.151. The fourth-order valence-electron chi connectivity index (χ4n) is 0.755. The second kappa shape index (κ2) is 3.01. The molecule has 1 heterocycles. The third kappa shape index (κ3) is 1.93. The van der Waals surface area contributed by atoms with Crippen molar-refractivity contribution in [2.24, 2.45) is 0 Å². The number of aromatic nitrogens is 1. The van der Waals surface area contributed by atoms with E-state index in [1.165, 1.54) is 6.92 Å². The van der Waals surface area contributed by atoms with Crippen LogP contribution in [0.1, 0.15) is 17.4 Å². The van der Waals surface area contributed by atoms with E-state index >= 15 is 0 Å². The molecule has 11 heavy (non-hydrogen) atoms. The Morgan fingerprint density at radius 3 is 2.91 bits per heavy atom. The Morgan fingerprint density at radius 1 is 1.73 bits per heavy atom. The quantitative estimate of drug-likeness (QED) is 0.615. The normalized spacial score (nSPS) is 9.18. The molecule has 0 unspecified atom stereocenters. The summed E-state index contributed by atoms with van der Waals surface area (Å²) >= 11 is 0. The molecule has 4 heteroatoms. The van der Waals surface area contributed by atoms with Gasteiger partial charge >= 0.3 is 0 Å². The molecule has 0 radical (unpaired) electrons. The number of H-pyrrole nitrogens is 1. The number of anilines is 1. The van der Waals surface area contributed by atoms with E-state index in [2.05, 4.69) is 10.3 Å². The second-order valence-corrected chi connectivity index (χ2v) is 2.14. The van der Waals surface area contributed by atoms with Crippen molar-refractivity contribution in [3.8, 4) is 0 Å². The highest BCUT2D eigenvalue weighted by molar-refractivity contribution is 5.89. The molecule has 0 fully saturated rings. The predicted molar refractivity (Wildman–Crippen MR) is 40.5 cm³/mol. The lowest BCUT2D eigenvalue weighted by Gasteiger charge is -1.93. The smallest absolute Gasteiger partial charge is 0.221 e. The summed E-state index contributed by atoms with van der Waals surface area (Å²) in [6, 6.07) is 1.56. The molecule has 0 aliphatic carbocycles. The van der Waals surface area contributed by atoms with Crippen molar-refractivity contribution in [2.45, 2.75) is 6.92 Å². The SMILES string of the molecule is CC(=O)Nc1c[nH]c(C=O)c1. The van der Waals surface area contributed by atoms with Crippen LogP contribution in [0.2, 0.25) is 0 Å². The van der Waals surface area contributed by atoms with Crippen LogP contribution in [0.3, 0.4) is 0 Å². The first kappa shape index (κ1) is 7.53. The number of rotatable bonds is 2. The molecule has 1 aromatic rings. The largest absolute Gasteiger partial charge is 0.357 e. The lowest BCUT2D eigenvalue weighted by Crippen LogP contribution is -2.04. The molecule has 0 aliphatic heterocycles. The van der Waals surface area contributed by atoms with Gasteiger partial charge in [0.15, 0.2) is 6.29 Å². The van der Waals surface area contributed by atoms with E-state index in [0.29, 0.717) is 17.7 Å². The van der Waals surface area contributed by atoms with Crippen LogP contribution in [0.15, 0.2) is 12.3 Å². The molecule has 0 aromatic carbocycles. The van der Waals surface area contributed by atoms with Gasteiger partial charge in [-0.3, -0.25) is 9.59 Å². The van der Waals surface area contributed by atoms with E-state index in [1.54, 1.807) is 12.3 Å². The first-order valence-electron chi connectivity index (χ1n) is 3.13. The Kier molecular flexibility index (Phi) is 2.06. The summed E-state index contributed by atoms with van der Waals surface area (Å²) in [6.45, 7) is 1.41. The Hall–Kier alpha value is -1.58. The van der Waals surface area contributed by atoms with Crippen LogP contribution >= 0.6 is 0 Å². The van der Waals surface area contributed by atoms with Crippen molar-refractivity contribution in [3.05, 3.63) is 18.0 Å². The average Bonchev–Trinajstić information content (AvgIpc) is 2.34. The maximum Gasteiger partial charge on any atom is 0.221 e. The second-order valence-electron chi connectivity index (χ2n) is 2.14. The molecule has 2 N–H and O–H groups in total. The fraction of sp³-hybridized carbons (Fsp3) is 0.143. The van der Waals surface area contributed by atoms with Gasteiger partial charge < -0.3 is 10.3 Å². The molecule has 1 amide bonds. The van der Waals surface area contributed by atoms with E-state index in [9.17, 15) is 9.59 Å². The summed E-state index contributed by atoms with van der Waals surface area (Å²) in [7, 11) is 0. The van der Waals surface area contributed by atoms with Crippen molar-refractivity contribution in [1.29, 1.82) is 0 Å². The van der Waals surface area contributed by atoms with Crippen LogP contribution in [-0.2, 0) is 4.79 Å². The van der Waals surface area contributed by atoms with Gasteiger partial charge in [0.25, 0.3) is 0 Å². The van der Waals surface area contributed by atoms with Gasteiger partial charge in [0.1, 0.15) is 0 Å². The Balaban J connectivity index is 2.72. The van der Waals surface area contributed by atoms with E-state index in [0.717, 1.165) is 0 Å². The molecule has 0 saturated heterocycles. The molecule has 0 atom stereocenters. The lowest BCUT2D eigenvalue weighted by atomic mass is 10.4. The number of hydrogen-bond donors (Lipinski definition) is 2. The molecule has 58 valence electrons. The summed E-state index contributed by atoms with van der Waals surface area (Å²) in [6.07, 6.45) is 2.25. The van der Waals surface area contributed by atoms with Gasteiger partial charge in [-0.1, -0.05) is 0 Å². The van der Waals surface area contributed by atoms with Crippen LogP contribution in [0.25, 0.3) is 0 Å². The highest BCUT2D eigenvalue weighted by Crippen LogP contribution is 2.06. The van der Waals surface area contributed by atoms with E-state index in [-0.39, 0.29) is 5.91 Å². The van der Waals surface area contributed by atoms with E-state index in [4.69, 9.17) is 0 Å². The topological polar surface area (TPSA) is 62.0 Å². The third-order valence-electron chi connectivity index (χ3n) is 1.15. The van der Waals surface area contributed by atoms with E-state index < -0.39 is 0 Å². The highest BCUT2D eigenvalue weighted by atomic mass is 16.1. The van der Waals surface area contributed by atoms with Gasteiger partial charge in [0.05, 0.1) is 11.4 Å². The molecule has 0 saturated carbocycles. The molecule has 1 rings (SSSR count). The molecule has 0 bridgehead atoms. The van der Waals surface area contributed by atoms with Crippen LogP contribution in [-0.4, -0.2) is 17.2 Å². The van der Waals surface area contributed by atoms with Crippen molar-refractivity contribution in [2.75, 3.05) is 5.32 Å². The molecule has 4 nitrogen and oxygen atoms in total. The molecule has 0 aliphatic rings. The minimum atomic E-state index is -0.151. The average molecular weight is 152 g/mol. The maximum absolute atomic E-state index is 10.5. The zero-order valence-corrected chi connectivity index (χ0v) is 6.05. The molecular weight excluding hydrogens is 144 g/mol. The number of aromatic amines is 1. The zero-order valence-electron chi connectivity index (χ0n) is 6.05.